The third-order valence-electron chi connectivity index (χ3n) is 11.3. The fraction of sp³-hybridized carbons (Fsp3) is 0.867. The quantitative estimate of drug-likeness (QED) is 0.438. The summed E-state index contributed by atoms with van der Waals surface area (Å²) in [7, 11) is 0. The molecule has 2 fully saturated rings. The van der Waals surface area contributed by atoms with Crippen molar-refractivity contribution in [2.45, 2.75) is 119 Å². The van der Waals surface area contributed by atoms with Crippen LogP contribution in [0.4, 0.5) is 0 Å². The van der Waals surface area contributed by atoms with Gasteiger partial charge in [-0.15, -0.1) is 0 Å². The summed E-state index contributed by atoms with van der Waals surface area (Å²) in [6.45, 7) is 17.1. The lowest BCUT2D eigenvalue weighted by Crippen LogP contribution is -2.49. The van der Waals surface area contributed by atoms with Crippen LogP contribution in [0.1, 0.15) is 113 Å². The molecule has 0 heterocycles. The zero-order valence-electron chi connectivity index (χ0n) is 21.6. The molecule has 8 atom stereocenters. The van der Waals surface area contributed by atoms with Crippen molar-refractivity contribution in [3.63, 3.8) is 0 Å². The topological polar surface area (TPSA) is 20.2 Å². The van der Waals surface area contributed by atoms with Crippen LogP contribution in [-0.2, 0) is 0 Å². The van der Waals surface area contributed by atoms with Crippen molar-refractivity contribution in [3.05, 3.63) is 22.8 Å². The Morgan fingerprint density at radius 2 is 1.81 bits per heavy atom. The minimum Gasteiger partial charge on any atom is -0.393 e. The van der Waals surface area contributed by atoms with Gasteiger partial charge in [-0.25, -0.2) is 0 Å². The second-order valence-electron chi connectivity index (χ2n) is 12.8. The van der Waals surface area contributed by atoms with E-state index >= 15 is 0 Å². The van der Waals surface area contributed by atoms with Gasteiger partial charge in [-0.2, -0.15) is 0 Å². The average Bonchev–Trinajstić information content (AvgIpc) is 3.08. The van der Waals surface area contributed by atoms with Gasteiger partial charge in [0.15, 0.2) is 0 Å². The highest BCUT2D eigenvalue weighted by molar-refractivity contribution is 5.34. The van der Waals surface area contributed by atoms with Gasteiger partial charge >= 0.3 is 0 Å². The van der Waals surface area contributed by atoms with Crippen LogP contribution >= 0.6 is 0 Å². The van der Waals surface area contributed by atoms with Gasteiger partial charge in [-0.05, 0) is 117 Å². The highest BCUT2D eigenvalue weighted by Gasteiger charge is 2.56. The Kier molecular flexibility index (Phi) is 6.59. The Labute approximate surface area is 193 Å². The van der Waals surface area contributed by atoms with Crippen LogP contribution in [0.25, 0.3) is 0 Å². The highest BCUT2D eigenvalue weighted by Crippen LogP contribution is 2.66. The fourth-order valence-corrected chi connectivity index (χ4v) is 9.25. The van der Waals surface area contributed by atoms with Gasteiger partial charge in [-0.1, -0.05) is 64.3 Å². The molecule has 4 rings (SSSR count). The molecule has 176 valence electrons. The van der Waals surface area contributed by atoms with E-state index < -0.39 is 0 Å². The van der Waals surface area contributed by atoms with Crippen LogP contribution in [0.3, 0.4) is 0 Å². The standard InChI is InChI=1S/C30H50O/c1-8-22(19(2)3)10-9-20(4)24-13-14-26-23-11-12-25-21(5)28(31)16-18-30(25,7)27(23)15-17-29(24,26)6/h8,19-21,24-26,28,31H,9-18H2,1-7H3/b22-8-/t20-,21-,24+,25-,26-,28-,29-,30+/m1/s1. The third-order valence-corrected chi connectivity index (χ3v) is 11.3. The van der Waals surface area contributed by atoms with Crippen LogP contribution in [0, 0.1) is 46.3 Å². The molecule has 1 heteroatoms. The lowest BCUT2D eigenvalue weighted by atomic mass is 9.49. The van der Waals surface area contributed by atoms with E-state index in [1.165, 1.54) is 57.8 Å². The van der Waals surface area contributed by atoms with Crippen molar-refractivity contribution in [1.29, 1.82) is 0 Å². The van der Waals surface area contributed by atoms with E-state index in [-0.39, 0.29) is 6.10 Å². The number of allylic oxidation sites excluding steroid dienone is 4. The Balaban J connectivity index is 1.54. The molecule has 0 unspecified atom stereocenters. The zero-order chi connectivity index (χ0) is 22.6. The Morgan fingerprint density at radius 3 is 2.48 bits per heavy atom. The van der Waals surface area contributed by atoms with E-state index in [0.717, 1.165) is 24.2 Å². The van der Waals surface area contributed by atoms with E-state index in [0.29, 0.717) is 28.6 Å². The maximum absolute atomic E-state index is 10.5. The highest BCUT2D eigenvalue weighted by atomic mass is 16.3. The number of hydrogen-bond acceptors (Lipinski definition) is 1. The Hall–Kier alpha value is -0.560. The molecule has 0 aromatic rings. The first-order chi connectivity index (χ1) is 14.6. The van der Waals surface area contributed by atoms with Gasteiger partial charge in [0.1, 0.15) is 0 Å². The molecule has 0 spiro atoms. The second-order valence-corrected chi connectivity index (χ2v) is 12.8. The van der Waals surface area contributed by atoms with Crippen LogP contribution in [-0.4, -0.2) is 11.2 Å². The van der Waals surface area contributed by atoms with E-state index in [4.69, 9.17) is 0 Å². The number of fused-ring (bicyclic) bond motifs is 4. The molecule has 2 saturated carbocycles. The summed E-state index contributed by atoms with van der Waals surface area (Å²) in [6.07, 6.45) is 15.5. The summed E-state index contributed by atoms with van der Waals surface area (Å²) in [4.78, 5) is 0. The molecular weight excluding hydrogens is 376 g/mol. The molecule has 0 saturated heterocycles. The molecule has 0 amide bonds. The molecule has 4 aliphatic rings. The normalized spacial score (nSPS) is 44.2. The van der Waals surface area contributed by atoms with Gasteiger partial charge in [0.2, 0.25) is 0 Å². The molecule has 0 bridgehead atoms. The zero-order valence-corrected chi connectivity index (χ0v) is 21.6. The van der Waals surface area contributed by atoms with Gasteiger partial charge in [-0.3, -0.25) is 0 Å². The summed E-state index contributed by atoms with van der Waals surface area (Å²) in [5.41, 5.74) is 6.32. The number of rotatable bonds is 5. The summed E-state index contributed by atoms with van der Waals surface area (Å²) < 4.78 is 0. The van der Waals surface area contributed by atoms with E-state index in [1.807, 2.05) is 11.1 Å². The maximum atomic E-state index is 10.5. The van der Waals surface area contributed by atoms with E-state index in [2.05, 4.69) is 54.5 Å². The minimum absolute atomic E-state index is 0.0707. The summed E-state index contributed by atoms with van der Waals surface area (Å²) >= 11 is 0. The van der Waals surface area contributed by atoms with Gasteiger partial charge in [0.25, 0.3) is 0 Å². The summed E-state index contributed by atoms with van der Waals surface area (Å²) in [5, 5.41) is 10.5. The number of hydrogen-bond donors (Lipinski definition) is 1. The van der Waals surface area contributed by atoms with E-state index in [1.54, 1.807) is 5.57 Å². The van der Waals surface area contributed by atoms with Gasteiger partial charge in [0, 0.05) is 0 Å². The van der Waals surface area contributed by atoms with Crippen molar-refractivity contribution in [3.8, 4) is 0 Å². The van der Waals surface area contributed by atoms with Crippen LogP contribution in [0.15, 0.2) is 22.8 Å². The van der Waals surface area contributed by atoms with Crippen LogP contribution in [0.2, 0.25) is 0 Å². The summed E-state index contributed by atoms with van der Waals surface area (Å²) in [6, 6.07) is 0. The molecule has 4 aliphatic carbocycles. The SMILES string of the molecule is C/C=C(/CC[C@@H](C)[C@@H]1CC[C@@H]2C3=C(CC[C@@]21C)[C@@]1(C)CC[C@@H](O)[C@H](C)[C@H]1CC3)C(C)C. The summed E-state index contributed by atoms with van der Waals surface area (Å²) in [5.74, 6) is 4.44. The predicted octanol–water partition coefficient (Wildman–Crippen LogP) is 8.34. The lowest BCUT2D eigenvalue weighted by molar-refractivity contribution is -0.0336. The van der Waals surface area contributed by atoms with Crippen molar-refractivity contribution in [2.75, 3.05) is 0 Å². The number of aliphatic hydroxyl groups excluding tert-OH is 1. The predicted molar refractivity (Wildman–Crippen MR) is 133 cm³/mol. The van der Waals surface area contributed by atoms with Crippen molar-refractivity contribution >= 4 is 0 Å². The lowest BCUT2D eigenvalue weighted by Gasteiger charge is -2.56. The Bertz CT molecular complexity index is 729. The van der Waals surface area contributed by atoms with Crippen molar-refractivity contribution in [1.82, 2.24) is 0 Å². The largest absolute Gasteiger partial charge is 0.393 e. The average molecular weight is 427 g/mol. The first-order valence-electron chi connectivity index (χ1n) is 13.7. The fourth-order valence-electron chi connectivity index (χ4n) is 9.25. The second kappa shape index (κ2) is 8.66. The minimum atomic E-state index is -0.0707. The van der Waals surface area contributed by atoms with Crippen molar-refractivity contribution in [2.24, 2.45) is 46.3 Å². The molecule has 1 nitrogen and oxygen atoms in total. The van der Waals surface area contributed by atoms with Gasteiger partial charge in [0.05, 0.1) is 6.10 Å². The molecule has 1 N–H and O–H groups in total. The van der Waals surface area contributed by atoms with Crippen molar-refractivity contribution < 1.29 is 5.11 Å². The van der Waals surface area contributed by atoms with Crippen LogP contribution < -0.4 is 0 Å². The molecular formula is C30H50O. The van der Waals surface area contributed by atoms with E-state index in [9.17, 15) is 5.11 Å². The molecule has 0 aromatic carbocycles. The monoisotopic (exact) mass is 426 g/mol. The first kappa shape index (κ1) is 23.6. The molecule has 0 aromatic heterocycles. The van der Waals surface area contributed by atoms with Gasteiger partial charge < -0.3 is 5.11 Å². The smallest absolute Gasteiger partial charge is 0.0569 e. The number of aliphatic hydroxyl groups is 1. The molecule has 0 aliphatic heterocycles. The first-order valence-corrected chi connectivity index (χ1v) is 13.7. The molecule has 0 radical (unpaired) electrons. The third kappa shape index (κ3) is 3.79. The van der Waals surface area contributed by atoms with Crippen LogP contribution in [0.5, 0.6) is 0 Å². The maximum Gasteiger partial charge on any atom is 0.0569 e. The Morgan fingerprint density at radius 1 is 1.06 bits per heavy atom. The molecule has 31 heavy (non-hydrogen) atoms.